The standard InChI is InChI=1S/C17H33NO/c1-6-8-14(12-18-7-2)19-15-11-13-9-10-17(15,5)16(13,3)4/h13-15,18H,6-12H2,1-5H3. The molecule has 1 N–H and O–H groups in total. The van der Waals surface area contributed by atoms with Crippen LogP contribution in [0.2, 0.25) is 0 Å². The predicted molar refractivity (Wildman–Crippen MR) is 81.3 cm³/mol. The van der Waals surface area contributed by atoms with Crippen LogP contribution in [0.5, 0.6) is 0 Å². The fourth-order valence-electron chi connectivity index (χ4n) is 4.41. The zero-order valence-electron chi connectivity index (χ0n) is 13.6. The minimum absolute atomic E-state index is 0.399. The summed E-state index contributed by atoms with van der Waals surface area (Å²) in [5.74, 6) is 0.879. The van der Waals surface area contributed by atoms with Crippen molar-refractivity contribution in [2.75, 3.05) is 13.1 Å². The molecule has 2 aliphatic rings. The summed E-state index contributed by atoms with van der Waals surface area (Å²) in [6, 6.07) is 0. The van der Waals surface area contributed by atoms with E-state index < -0.39 is 0 Å². The maximum Gasteiger partial charge on any atom is 0.0703 e. The number of hydrogen-bond acceptors (Lipinski definition) is 2. The van der Waals surface area contributed by atoms with Crippen LogP contribution in [0, 0.1) is 16.7 Å². The summed E-state index contributed by atoms with van der Waals surface area (Å²) < 4.78 is 6.56. The Balaban J connectivity index is 1.99. The van der Waals surface area contributed by atoms with Crippen molar-refractivity contribution < 1.29 is 4.74 Å². The molecule has 2 heteroatoms. The van der Waals surface area contributed by atoms with Crippen LogP contribution in [0.4, 0.5) is 0 Å². The van der Waals surface area contributed by atoms with E-state index in [0.717, 1.165) is 19.0 Å². The Morgan fingerprint density at radius 1 is 1.26 bits per heavy atom. The fourth-order valence-corrected chi connectivity index (χ4v) is 4.41. The van der Waals surface area contributed by atoms with Crippen LogP contribution in [0.3, 0.4) is 0 Å². The first-order chi connectivity index (χ1) is 8.95. The molecule has 0 aliphatic heterocycles. The van der Waals surface area contributed by atoms with Gasteiger partial charge in [0.2, 0.25) is 0 Å². The van der Waals surface area contributed by atoms with Gasteiger partial charge < -0.3 is 10.1 Å². The molecular formula is C17H33NO. The smallest absolute Gasteiger partial charge is 0.0703 e. The van der Waals surface area contributed by atoms with Gasteiger partial charge >= 0.3 is 0 Å². The van der Waals surface area contributed by atoms with Gasteiger partial charge in [0.25, 0.3) is 0 Å². The molecule has 2 rings (SSSR count). The van der Waals surface area contributed by atoms with Gasteiger partial charge in [-0.25, -0.2) is 0 Å². The van der Waals surface area contributed by atoms with Crippen LogP contribution in [-0.2, 0) is 4.74 Å². The van der Waals surface area contributed by atoms with Gasteiger partial charge in [-0.3, -0.25) is 0 Å². The summed E-state index contributed by atoms with van der Waals surface area (Å²) in [6.45, 7) is 13.9. The highest BCUT2D eigenvalue weighted by molar-refractivity contribution is 5.11. The van der Waals surface area contributed by atoms with E-state index in [1.165, 1.54) is 32.1 Å². The zero-order chi connectivity index (χ0) is 14.1. The van der Waals surface area contributed by atoms with Gasteiger partial charge in [-0.2, -0.15) is 0 Å². The first kappa shape index (κ1) is 15.3. The third kappa shape index (κ3) is 2.58. The SMILES string of the molecule is CCCC(CNCC)OC1CC2CCC1(C)C2(C)C. The lowest BCUT2D eigenvalue weighted by Crippen LogP contribution is -2.41. The molecule has 0 aromatic carbocycles. The summed E-state index contributed by atoms with van der Waals surface area (Å²) in [7, 11) is 0. The molecule has 112 valence electrons. The summed E-state index contributed by atoms with van der Waals surface area (Å²) in [5, 5.41) is 3.46. The van der Waals surface area contributed by atoms with Crippen molar-refractivity contribution in [3.8, 4) is 0 Å². The van der Waals surface area contributed by atoms with Crippen LogP contribution >= 0.6 is 0 Å². The third-order valence-corrected chi connectivity index (χ3v) is 6.30. The monoisotopic (exact) mass is 267 g/mol. The molecule has 4 unspecified atom stereocenters. The molecule has 0 saturated heterocycles. The Bertz CT molecular complexity index is 302. The quantitative estimate of drug-likeness (QED) is 0.753. The Hall–Kier alpha value is -0.0800. The lowest BCUT2D eigenvalue weighted by molar-refractivity contribution is -0.0875. The van der Waals surface area contributed by atoms with Crippen molar-refractivity contribution in [3.05, 3.63) is 0 Å². The second-order valence-electron chi connectivity index (χ2n) is 7.45. The van der Waals surface area contributed by atoms with Crippen LogP contribution < -0.4 is 5.32 Å². The molecule has 0 radical (unpaired) electrons. The minimum Gasteiger partial charge on any atom is -0.373 e. The van der Waals surface area contributed by atoms with Crippen LogP contribution in [0.15, 0.2) is 0 Å². The number of likely N-dealkylation sites (N-methyl/N-ethyl adjacent to an activating group) is 1. The minimum atomic E-state index is 0.399. The van der Waals surface area contributed by atoms with E-state index in [1.807, 2.05) is 0 Å². The Kier molecular flexibility index (Phi) is 4.62. The van der Waals surface area contributed by atoms with Crippen molar-refractivity contribution in [1.82, 2.24) is 5.32 Å². The second-order valence-corrected chi connectivity index (χ2v) is 7.45. The first-order valence-electron chi connectivity index (χ1n) is 8.31. The number of nitrogens with one attached hydrogen (secondary N) is 1. The van der Waals surface area contributed by atoms with Gasteiger partial charge in [-0.15, -0.1) is 0 Å². The van der Waals surface area contributed by atoms with E-state index in [4.69, 9.17) is 4.74 Å². The number of rotatable bonds is 7. The Labute approximate surface area is 119 Å². The highest BCUT2D eigenvalue weighted by Gasteiger charge is 2.62. The predicted octanol–water partition coefficient (Wildman–Crippen LogP) is 4.00. The lowest BCUT2D eigenvalue weighted by atomic mass is 9.70. The molecule has 2 fully saturated rings. The molecule has 2 aliphatic carbocycles. The Morgan fingerprint density at radius 3 is 2.47 bits per heavy atom. The molecule has 4 atom stereocenters. The largest absolute Gasteiger partial charge is 0.373 e. The summed E-state index contributed by atoms with van der Waals surface area (Å²) in [5.41, 5.74) is 0.864. The van der Waals surface area contributed by atoms with Crippen molar-refractivity contribution in [3.63, 3.8) is 0 Å². The summed E-state index contributed by atoms with van der Waals surface area (Å²) in [6.07, 6.45) is 7.34. The van der Waals surface area contributed by atoms with Gasteiger partial charge in [-0.1, -0.05) is 41.0 Å². The van der Waals surface area contributed by atoms with Gasteiger partial charge in [0.05, 0.1) is 12.2 Å². The van der Waals surface area contributed by atoms with Crippen LogP contribution in [0.25, 0.3) is 0 Å². The van der Waals surface area contributed by atoms with Gasteiger partial charge in [0, 0.05) is 6.54 Å². The highest BCUT2D eigenvalue weighted by atomic mass is 16.5. The fraction of sp³-hybridized carbons (Fsp3) is 1.00. The highest BCUT2D eigenvalue weighted by Crippen LogP contribution is 2.66. The van der Waals surface area contributed by atoms with Gasteiger partial charge in [0.15, 0.2) is 0 Å². The van der Waals surface area contributed by atoms with Crippen molar-refractivity contribution >= 4 is 0 Å². The normalized spacial score (nSPS) is 37.7. The van der Waals surface area contributed by atoms with E-state index in [2.05, 4.69) is 39.9 Å². The van der Waals surface area contributed by atoms with Gasteiger partial charge in [0.1, 0.15) is 0 Å². The molecule has 0 heterocycles. The van der Waals surface area contributed by atoms with Crippen molar-refractivity contribution in [2.45, 2.75) is 78.9 Å². The van der Waals surface area contributed by atoms with Crippen LogP contribution in [-0.4, -0.2) is 25.3 Å². The van der Waals surface area contributed by atoms with E-state index in [9.17, 15) is 0 Å². The molecule has 19 heavy (non-hydrogen) atoms. The summed E-state index contributed by atoms with van der Waals surface area (Å²) >= 11 is 0. The molecule has 2 bridgehead atoms. The molecule has 2 saturated carbocycles. The topological polar surface area (TPSA) is 21.3 Å². The van der Waals surface area contributed by atoms with E-state index in [-0.39, 0.29) is 0 Å². The van der Waals surface area contributed by atoms with E-state index >= 15 is 0 Å². The summed E-state index contributed by atoms with van der Waals surface area (Å²) in [4.78, 5) is 0. The third-order valence-electron chi connectivity index (χ3n) is 6.30. The van der Waals surface area contributed by atoms with E-state index in [0.29, 0.717) is 23.0 Å². The maximum absolute atomic E-state index is 6.56. The number of fused-ring (bicyclic) bond motifs is 2. The number of hydrogen-bond donors (Lipinski definition) is 1. The maximum atomic E-state index is 6.56. The van der Waals surface area contributed by atoms with Crippen LogP contribution in [0.1, 0.15) is 66.7 Å². The average Bonchev–Trinajstić information content (AvgIpc) is 2.69. The van der Waals surface area contributed by atoms with E-state index in [1.54, 1.807) is 0 Å². The number of ether oxygens (including phenoxy) is 1. The molecular weight excluding hydrogens is 234 g/mol. The lowest BCUT2D eigenvalue weighted by Gasteiger charge is -2.40. The Morgan fingerprint density at radius 2 is 2.00 bits per heavy atom. The first-order valence-corrected chi connectivity index (χ1v) is 8.31. The second kappa shape index (κ2) is 5.73. The molecule has 0 aromatic rings. The molecule has 0 aromatic heterocycles. The molecule has 0 amide bonds. The average molecular weight is 267 g/mol. The molecule has 0 spiro atoms. The zero-order valence-corrected chi connectivity index (χ0v) is 13.6. The van der Waals surface area contributed by atoms with Crippen molar-refractivity contribution in [1.29, 1.82) is 0 Å². The van der Waals surface area contributed by atoms with Crippen molar-refractivity contribution in [2.24, 2.45) is 16.7 Å². The van der Waals surface area contributed by atoms with Gasteiger partial charge in [-0.05, 0) is 49.0 Å². The molecule has 2 nitrogen and oxygen atoms in total.